The van der Waals surface area contributed by atoms with E-state index in [1.54, 1.807) is 48.5 Å². The van der Waals surface area contributed by atoms with Crippen molar-refractivity contribution in [2.75, 3.05) is 11.1 Å². The van der Waals surface area contributed by atoms with Gasteiger partial charge in [-0.2, -0.15) is 13.2 Å². The highest BCUT2D eigenvalue weighted by Gasteiger charge is 2.31. The average Bonchev–Trinajstić information content (AvgIpc) is 2.99. The van der Waals surface area contributed by atoms with Crippen molar-refractivity contribution in [3.05, 3.63) is 93.9 Å². The van der Waals surface area contributed by atoms with Crippen molar-refractivity contribution in [1.29, 1.82) is 0 Å². The number of fused-ring (bicyclic) bond motifs is 1. The maximum atomic E-state index is 13.0. The molecule has 1 amide bonds. The molecular formula is C23H19F3N4O2. The minimum Gasteiger partial charge on any atom is -0.397 e. The molecular weight excluding hydrogens is 421 g/mol. The Morgan fingerprint density at radius 2 is 1.69 bits per heavy atom. The molecule has 0 radical (unpaired) electrons. The molecule has 0 saturated carbocycles. The van der Waals surface area contributed by atoms with Crippen LogP contribution in [0.4, 0.5) is 24.5 Å². The minimum atomic E-state index is -4.49. The maximum absolute atomic E-state index is 13.0. The van der Waals surface area contributed by atoms with E-state index in [1.807, 2.05) is 0 Å². The number of para-hydroxylation sites is 2. The average molecular weight is 440 g/mol. The highest BCUT2D eigenvalue weighted by Crippen LogP contribution is 2.31. The van der Waals surface area contributed by atoms with Crippen LogP contribution >= 0.6 is 0 Å². The number of alkyl halides is 3. The second-order valence-electron chi connectivity index (χ2n) is 7.37. The van der Waals surface area contributed by atoms with E-state index in [1.165, 1.54) is 22.2 Å². The molecule has 4 aromatic rings. The summed E-state index contributed by atoms with van der Waals surface area (Å²) in [5, 5.41) is 2.74. The van der Waals surface area contributed by atoms with E-state index in [0.717, 1.165) is 17.7 Å². The van der Waals surface area contributed by atoms with Gasteiger partial charge in [-0.3, -0.25) is 13.9 Å². The number of nitrogen functional groups attached to an aromatic ring is 1. The smallest absolute Gasteiger partial charge is 0.397 e. The number of carbonyl (C=O) groups is 1. The Balaban J connectivity index is 1.58. The summed E-state index contributed by atoms with van der Waals surface area (Å²) in [5.41, 5.74) is 7.25. The Bertz CT molecular complexity index is 1370. The molecule has 1 heterocycles. The largest absolute Gasteiger partial charge is 0.416 e. The number of imidazole rings is 1. The van der Waals surface area contributed by atoms with Crippen LogP contribution in [-0.2, 0) is 19.8 Å². The number of nitrogens with one attached hydrogen (secondary N) is 1. The lowest BCUT2D eigenvalue weighted by Crippen LogP contribution is -2.22. The molecule has 0 fully saturated rings. The van der Waals surface area contributed by atoms with Crippen molar-refractivity contribution < 1.29 is 18.0 Å². The number of benzene rings is 3. The van der Waals surface area contributed by atoms with Crippen molar-refractivity contribution in [1.82, 2.24) is 9.13 Å². The molecule has 0 bridgehead atoms. The number of aryl methyl sites for hydroxylation is 1. The van der Waals surface area contributed by atoms with Gasteiger partial charge in [-0.25, -0.2) is 4.79 Å². The molecule has 164 valence electrons. The van der Waals surface area contributed by atoms with E-state index in [2.05, 4.69) is 5.32 Å². The Hall–Kier alpha value is -4.01. The summed E-state index contributed by atoms with van der Waals surface area (Å²) in [6.45, 7) is 0.148. The lowest BCUT2D eigenvalue weighted by atomic mass is 10.1. The fourth-order valence-corrected chi connectivity index (χ4v) is 3.49. The van der Waals surface area contributed by atoms with Gasteiger partial charge in [-0.1, -0.05) is 24.3 Å². The van der Waals surface area contributed by atoms with Gasteiger partial charge in [0.15, 0.2) is 0 Å². The van der Waals surface area contributed by atoms with Crippen molar-refractivity contribution in [3.8, 4) is 0 Å². The number of hydrogen-bond acceptors (Lipinski definition) is 3. The third-order valence-electron chi connectivity index (χ3n) is 5.24. The minimum absolute atomic E-state index is 0.148. The molecule has 32 heavy (non-hydrogen) atoms. The van der Waals surface area contributed by atoms with E-state index in [-0.39, 0.29) is 18.0 Å². The lowest BCUT2D eigenvalue weighted by molar-refractivity contribution is -0.137. The Labute approximate surface area is 180 Å². The molecule has 6 nitrogen and oxygen atoms in total. The Morgan fingerprint density at radius 1 is 1.00 bits per heavy atom. The van der Waals surface area contributed by atoms with Gasteiger partial charge in [-0.15, -0.1) is 0 Å². The van der Waals surface area contributed by atoms with Gasteiger partial charge < -0.3 is 11.1 Å². The van der Waals surface area contributed by atoms with Gasteiger partial charge in [0.05, 0.1) is 34.5 Å². The van der Waals surface area contributed by atoms with Gasteiger partial charge in [0.1, 0.15) is 0 Å². The number of amides is 1. The van der Waals surface area contributed by atoms with E-state index in [9.17, 15) is 22.8 Å². The molecule has 1 aromatic heterocycles. The zero-order chi connectivity index (χ0) is 23.0. The predicted molar refractivity (Wildman–Crippen MR) is 117 cm³/mol. The standard InChI is InChI=1S/C23H19F3N4O2/c1-29-20-12-16(23(24,25)26)10-11-19(20)30(22(29)32)13-14-6-8-15(9-7-14)21(31)28-18-5-3-2-4-17(18)27/h2-12H,13,27H2,1H3,(H,28,31). The number of halogens is 3. The Kier molecular flexibility index (Phi) is 5.25. The zero-order valence-electron chi connectivity index (χ0n) is 17.0. The van der Waals surface area contributed by atoms with Crippen molar-refractivity contribution >= 4 is 28.3 Å². The van der Waals surface area contributed by atoms with Crippen LogP contribution in [0.1, 0.15) is 21.5 Å². The molecule has 0 atom stereocenters. The molecule has 0 unspecified atom stereocenters. The topological polar surface area (TPSA) is 82.0 Å². The summed E-state index contributed by atoms with van der Waals surface area (Å²) in [5.74, 6) is -0.337. The zero-order valence-corrected chi connectivity index (χ0v) is 17.0. The molecule has 3 aromatic carbocycles. The van der Waals surface area contributed by atoms with Gasteiger partial charge in [0, 0.05) is 12.6 Å². The molecule has 3 N–H and O–H groups in total. The third kappa shape index (κ3) is 3.96. The second-order valence-corrected chi connectivity index (χ2v) is 7.37. The van der Waals surface area contributed by atoms with Gasteiger partial charge in [-0.05, 0) is 48.0 Å². The van der Waals surface area contributed by atoms with Crippen molar-refractivity contribution in [3.63, 3.8) is 0 Å². The molecule has 9 heteroatoms. The second kappa shape index (κ2) is 7.92. The molecule has 0 saturated heterocycles. The maximum Gasteiger partial charge on any atom is 0.416 e. The number of rotatable bonds is 4. The fourth-order valence-electron chi connectivity index (χ4n) is 3.49. The molecule has 0 aliphatic carbocycles. The third-order valence-corrected chi connectivity index (χ3v) is 5.24. The number of aromatic nitrogens is 2. The normalized spacial score (nSPS) is 11.6. The summed E-state index contributed by atoms with van der Waals surface area (Å²) in [6.07, 6.45) is -4.49. The van der Waals surface area contributed by atoms with E-state index < -0.39 is 17.4 Å². The quantitative estimate of drug-likeness (QED) is 0.466. The number of carbonyl (C=O) groups excluding carboxylic acids is 1. The summed E-state index contributed by atoms with van der Waals surface area (Å²) in [4.78, 5) is 25.1. The predicted octanol–water partition coefficient (Wildman–Crippen LogP) is 4.24. The first kappa shape index (κ1) is 21.2. The van der Waals surface area contributed by atoms with Crippen LogP contribution in [0.3, 0.4) is 0 Å². The van der Waals surface area contributed by atoms with Gasteiger partial charge in [0.2, 0.25) is 0 Å². The fraction of sp³-hybridized carbons (Fsp3) is 0.130. The van der Waals surface area contributed by atoms with Gasteiger partial charge >= 0.3 is 11.9 Å². The van der Waals surface area contributed by atoms with Crippen molar-refractivity contribution in [2.45, 2.75) is 12.7 Å². The first-order valence-corrected chi connectivity index (χ1v) is 9.66. The van der Waals surface area contributed by atoms with E-state index in [0.29, 0.717) is 22.5 Å². The van der Waals surface area contributed by atoms with Crippen LogP contribution in [0.25, 0.3) is 11.0 Å². The Morgan fingerprint density at radius 3 is 2.34 bits per heavy atom. The first-order valence-electron chi connectivity index (χ1n) is 9.66. The molecule has 0 aliphatic heterocycles. The highest BCUT2D eigenvalue weighted by atomic mass is 19.4. The number of nitrogens with two attached hydrogens (primary N) is 1. The van der Waals surface area contributed by atoms with Gasteiger partial charge in [0.25, 0.3) is 5.91 Å². The molecule has 4 rings (SSSR count). The van der Waals surface area contributed by atoms with Crippen LogP contribution in [0.5, 0.6) is 0 Å². The van der Waals surface area contributed by atoms with Crippen molar-refractivity contribution in [2.24, 2.45) is 7.05 Å². The van der Waals surface area contributed by atoms with E-state index in [4.69, 9.17) is 5.73 Å². The van der Waals surface area contributed by atoms with Crippen LogP contribution in [0.2, 0.25) is 0 Å². The SMILES string of the molecule is Cn1c(=O)n(Cc2ccc(C(=O)Nc3ccccc3N)cc2)c2ccc(C(F)(F)F)cc21. The summed E-state index contributed by atoms with van der Waals surface area (Å²) in [6, 6.07) is 16.7. The monoisotopic (exact) mass is 440 g/mol. The summed E-state index contributed by atoms with van der Waals surface area (Å²) in [7, 11) is 1.43. The first-order chi connectivity index (χ1) is 15.1. The lowest BCUT2D eigenvalue weighted by Gasteiger charge is -2.09. The van der Waals surface area contributed by atoms with Crippen LogP contribution in [-0.4, -0.2) is 15.0 Å². The number of anilines is 2. The summed E-state index contributed by atoms with van der Waals surface area (Å²) < 4.78 is 41.7. The summed E-state index contributed by atoms with van der Waals surface area (Å²) >= 11 is 0. The van der Waals surface area contributed by atoms with Crippen LogP contribution in [0.15, 0.2) is 71.5 Å². The molecule has 0 spiro atoms. The number of hydrogen-bond donors (Lipinski definition) is 2. The molecule has 0 aliphatic rings. The highest BCUT2D eigenvalue weighted by molar-refractivity contribution is 6.05. The van der Waals surface area contributed by atoms with Crippen LogP contribution < -0.4 is 16.7 Å². The van der Waals surface area contributed by atoms with E-state index >= 15 is 0 Å². The van der Waals surface area contributed by atoms with Crippen LogP contribution in [0, 0.1) is 0 Å². The number of nitrogens with zero attached hydrogens (tertiary/aromatic N) is 2.